The Morgan fingerprint density at radius 1 is 1.12 bits per heavy atom. The predicted molar refractivity (Wildman–Crippen MR) is 78.6 cm³/mol. The van der Waals surface area contributed by atoms with Gasteiger partial charge in [-0.3, -0.25) is 0 Å². The largest absolute Gasteiger partial charge is 0.416 e. The molecule has 0 amide bonds. The second-order valence-electron chi connectivity index (χ2n) is 6.51. The molecule has 1 aromatic heterocycles. The first-order valence-corrected chi connectivity index (χ1v) is 8.09. The minimum atomic E-state index is -4.38. The van der Waals surface area contributed by atoms with Crippen molar-refractivity contribution in [2.24, 2.45) is 0 Å². The third-order valence-electron chi connectivity index (χ3n) is 4.88. The predicted octanol–water partition coefficient (Wildman–Crippen LogP) is 4.06. The molecule has 7 heteroatoms. The molecule has 4 nitrogen and oxygen atoms in total. The Bertz CT molecular complexity index is 731. The fourth-order valence-electron chi connectivity index (χ4n) is 3.28. The molecule has 1 saturated heterocycles. The van der Waals surface area contributed by atoms with E-state index in [2.05, 4.69) is 10.1 Å². The summed E-state index contributed by atoms with van der Waals surface area (Å²) < 4.78 is 50.2. The maximum atomic E-state index is 13.1. The maximum absolute atomic E-state index is 13.1. The van der Waals surface area contributed by atoms with E-state index in [1.165, 1.54) is 12.1 Å². The number of rotatable bonds is 3. The van der Waals surface area contributed by atoms with Gasteiger partial charge < -0.3 is 9.26 Å². The lowest BCUT2D eigenvalue weighted by molar-refractivity contribution is -0.137. The molecule has 1 aromatic carbocycles. The van der Waals surface area contributed by atoms with Crippen LogP contribution in [0.3, 0.4) is 0 Å². The maximum Gasteiger partial charge on any atom is 0.416 e. The molecule has 2 fully saturated rings. The first kappa shape index (κ1) is 15.6. The Labute approximate surface area is 137 Å². The zero-order valence-corrected chi connectivity index (χ0v) is 13.0. The van der Waals surface area contributed by atoms with Gasteiger partial charge in [-0.15, -0.1) is 0 Å². The summed E-state index contributed by atoms with van der Waals surface area (Å²) in [6.07, 6.45) is -1.24. The average molecular weight is 338 g/mol. The molecule has 1 saturated carbocycles. The van der Waals surface area contributed by atoms with Gasteiger partial charge in [-0.05, 0) is 37.3 Å². The minimum Gasteiger partial charge on any atom is -0.381 e. The van der Waals surface area contributed by atoms with Crippen molar-refractivity contribution < 1.29 is 22.4 Å². The van der Waals surface area contributed by atoms with Gasteiger partial charge in [0.1, 0.15) is 0 Å². The zero-order chi connectivity index (χ0) is 16.8. The number of aromatic nitrogens is 2. The quantitative estimate of drug-likeness (QED) is 0.847. The van der Waals surface area contributed by atoms with Crippen molar-refractivity contribution in [2.45, 2.75) is 43.2 Å². The minimum absolute atomic E-state index is 0.334. The molecular weight excluding hydrogens is 321 g/mol. The Morgan fingerprint density at radius 2 is 1.88 bits per heavy atom. The lowest BCUT2D eigenvalue weighted by atomic mass is 9.73. The number of benzene rings is 1. The van der Waals surface area contributed by atoms with E-state index in [1.54, 1.807) is 6.07 Å². The van der Waals surface area contributed by atoms with Crippen molar-refractivity contribution in [1.29, 1.82) is 0 Å². The van der Waals surface area contributed by atoms with Gasteiger partial charge in [-0.25, -0.2) is 0 Å². The van der Waals surface area contributed by atoms with Crippen molar-refractivity contribution in [2.75, 3.05) is 13.2 Å². The van der Waals surface area contributed by atoms with E-state index < -0.39 is 17.2 Å². The first-order valence-electron chi connectivity index (χ1n) is 8.09. The molecule has 0 bridgehead atoms. The van der Waals surface area contributed by atoms with Crippen LogP contribution in [0.5, 0.6) is 0 Å². The van der Waals surface area contributed by atoms with Crippen LogP contribution in [-0.4, -0.2) is 23.4 Å². The van der Waals surface area contributed by atoms with E-state index in [0.717, 1.165) is 18.9 Å². The molecule has 2 aromatic rings. The number of alkyl halides is 3. The van der Waals surface area contributed by atoms with Gasteiger partial charge in [0.25, 0.3) is 0 Å². The molecule has 0 spiro atoms. The number of ether oxygens (including phenoxy) is 1. The Morgan fingerprint density at radius 3 is 2.54 bits per heavy atom. The first-order chi connectivity index (χ1) is 11.5. The molecule has 4 rings (SSSR count). The molecule has 1 aliphatic carbocycles. The summed E-state index contributed by atoms with van der Waals surface area (Å²) in [5.41, 5.74) is -0.806. The van der Waals surface area contributed by atoms with Crippen LogP contribution in [0, 0.1) is 0 Å². The van der Waals surface area contributed by atoms with Gasteiger partial charge in [-0.2, -0.15) is 18.2 Å². The van der Waals surface area contributed by atoms with Crippen LogP contribution in [0.25, 0.3) is 0 Å². The van der Waals surface area contributed by atoms with Gasteiger partial charge in [0.05, 0.1) is 11.0 Å². The van der Waals surface area contributed by atoms with E-state index in [-0.39, 0.29) is 0 Å². The summed E-state index contributed by atoms with van der Waals surface area (Å²) in [6.45, 7) is 0.911. The van der Waals surface area contributed by atoms with Crippen LogP contribution >= 0.6 is 0 Å². The Balaban J connectivity index is 1.78. The van der Waals surface area contributed by atoms with E-state index in [9.17, 15) is 13.2 Å². The lowest BCUT2D eigenvalue weighted by Crippen LogP contribution is -2.35. The van der Waals surface area contributed by atoms with Crippen molar-refractivity contribution in [3.63, 3.8) is 0 Å². The number of hydrogen-bond acceptors (Lipinski definition) is 4. The summed E-state index contributed by atoms with van der Waals surface area (Å²) >= 11 is 0. The van der Waals surface area contributed by atoms with Crippen LogP contribution in [0.4, 0.5) is 13.2 Å². The summed E-state index contributed by atoms with van der Waals surface area (Å²) in [5, 5.41) is 4.05. The van der Waals surface area contributed by atoms with Gasteiger partial charge in [-0.1, -0.05) is 23.4 Å². The lowest BCUT2D eigenvalue weighted by Gasteiger charge is -2.34. The fourth-order valence-corrected chi connectivity index (χ4v) is 3.28. The summed E-state index contributed by atoms with van der Waals surface area (Å²) in [6, 6.07) is 5.43. The molecule has 2 heterocycles. The molecule has 0 N–H and O–H groups in total. The average Bonchev–Trinajstić information content (AvgIpc) is 3.32. The zero-order valence-electron chi connectivity index (χ0n) is 13.0. The summed E-state index contributed by atoms with van der Waals surface area (Å²) in [5.74, 6) is 1.41. The van der Waals surface area contributed by atoms with Gasteiger partial charge in [0, 0.05) is 19.1 Å². The highest BCUT2D eigenvalue weighted by Crippen LogP contribution is 2.44. The highest BCUT2D eigenvalue weighted by atomic mass is 19.4. The topological polar surface area (TPSA) is 48.2 Å². The van der Waals surface area contributed by atoms with Crippen LogP contribution in [0.2, 0.25) is 0 Å². The summed E-state index contributed by atoms with van der Waals surface area (Å²) in [7, 11) is 0. The van der Waals surface area contributed by atoms with Crippen LogP contribution in [0.15, 0.2) is 28.8 Å². The van der Waals surface area contributed by atoms with Crippen molar-refractivity contribution in [1.82, 2.24) is 10.1 Å². The monoisotopic (exact) mass is 338 g/mol. The molecule has 0 atom stereocenters. The molecule has 0 radical (unpaired) electrons. The smallest absolute Gasteiger partial charge is 0.381 e. The number of nitrogens with zero attached hydrogens (tertiary/aromatic N) is 2. The standard InChI is InChI=1S/C17H17F3N2O2/c18-17(19,20)13-3-1-2-12(10-13)16(6-8-23-9-7-16)15-21-14(22-24-15)11-4-5-11/h1-3,10-11H,4-9H2. The van der Waals surface area contributed by atoms with Gasteiger partial charge in [0.2, 0.25) is 5.89 Å². The van der Waals surface area contributed by atoms with Crippen molar-refractivity contribution in [3.05, 3.63) is 47.1 Å². The molecule has 128 valence electrons. The van der Waals surface area contributed by atoms with Crippen LogP contribution in [0.1, 0.15) is 54.4 Å². The summed E-state index contributed by atoms with van der Waals surface area (Å²) in [4.78, 5) is 4.52. The van der Waals surface area contributed by atoms with Gasteiger partial charge >= 0.3 is 6.18 Å². The number of halogens is 3. The highest BCUT2D eigenvalue weighted by Gasteiger charge is 2.44. The van der Waals surface area contributed by atoms with Crippen molar-refractivity contribution in [3.8, 4) is 0 Å². The molecule has 0 unspecified atom stereocenters. The van der Waals surface area contributed by atoms with Crippen molar-refractivity contribution >= 4 is 0 Å². The second-order valence-corrected chi connectivity index (χ2v) is 6.51. The second kappa shape index (κ2) is 5.58. The van der Waals surface area contributed by atoms with Gasteiger partial charge in [0.15, 0.2) is 5.82 Å². The normalized spacial score (nSPS) is 21.0. The molecule has 2 aliphatic rings. The molecule has 24 heavy (non-hydrogen) atoms. The fraction of sp³-hybridized carbons (Fsp3) is 0.529. The number of hydrogen-bond donors (Lipinski definition) is 0. The van der Waals surface area contributed by atoms with E-state index in [1.807, 2.05) is 0 Å². The third-order valence-corrected chi connectivity index (χ3v) is 4.88. The van der Waals surface area contributed by atoms with Crippen LogP contribution < -0.4 is 0 Å². The van der Waals surface area contributed by atoms with E-state index in [4.69, 9.17) is 9.26 Å². The molecule has 1 aliphatic heterocycles. The third kappa shape index (κ3) is 2.70. The molecular formula is C17H17F3N2O2. The Hall–Kier alpha value is -1.89. The SMILES string of the molecule is FC(F)(F)c1cccc(C2(c3nc(C4CC4)no3)CCOCC2)c1. The van der Waals surface area contributed by atoms with E-state index in [0.29, 0.717) is 49.3 Å². The van der Waals surface area contributed by atoms with E-state index >= 15 is 0 Å². The Kier molecular flexibility index (Phi) is 3.63. The highest BCUT2D eigenvalue weighted by molar-refractivity contribution is 5.37. The van der Waals surface area contributed by atoms with Crippen LogP contribution in [-0.2, 0) is 16.3 Å².